The number of benzene rings is 5. The van der Waals surface area contributed by atoms with Gasteiger partial charge in [-0.3, -0.25) is 4.57 Å². The van der Waals surface area contributed by atoms with E-state index >= 15 is 0 Å². The van der Waals surface area contributed by atoms with Crippen molar-refractivity contribution in [1.29, 1.82) is 0 Å². The Bertz CT molecular complexity index is 1950. The smallest absolute Gasteiger partial charge is 0.307 e. The first-order chi connectivity index (χ1) is 17.1. The Hall–Kier alpha value is -4.37. The summed E-state index contributed by atoms with van der Waals surface area (Å²) in [7, 11) is 0. The van der Waals surface area contributed by atoms with Crippen LogP contribution in [0.25, 0.3) is 60.8 Å². The van der Waals surface area contributed by atoms with Crippen LogP contribution >= 0.6 is 0 Å². The molecule has 7 aromatic rings. The minimum atomic E-state index is -0.0797. The highest BCUT2D eigenvalue weighted by Gasteiger charge is 2.37. The van der Waals surface area contributed by atoms with Crippen molar-refractivity contribution in [2.45, 2.75) is 19.3 Å². The van der Waals surface area contributed by atoms with Gasteiger partial charge in [-0.1, -0.05) is 80.6 Å². The van der Waals surface area contributed by atoms with E-state index in [2.05, 4.69) is 91.2 Å². The molecule has 1 aliphatic carbocycles. The van der Waals surface area contributed by atoms with Crippen LogP contribution < -0.4 is 0 Å². The van der Waals surface area contributed by atoms with Crippen molar-refractivity contribution in [2.75, 3.05) is 0 Å². The van der Waals surface area contributed by atoms with Gasteiger partial charge in [0.1, 0.15) is 5.52 Å². The van der Waals surface area contributed by atoms with Gasteiger partial charge in [0, 0.05) is 16.2 Å². The lowest BCUT2D eigenvalue weighted by Gasteiger charge is -2.21. The Morgan fingerprint density at radius 2 is 1.46 bits per heavy atom. The number of nitrogens with zero attached hydrogens (tertiary/aromatic N) is 2. The number of aromatic nitrogens is 2. The summed E-state index contributed by atoms with van der Waals surface area (Å²) in [5.74, 6) is 0. The first kappa shape index (κ1) is 19.0. The van der Waals surface area contributed by atoms with Crippen LogP contribution in [0.2, 0.25) is 0 Å². The highest BCUT2D eigenvalue weighted by atomic mass is 16.4. The number of para-hydroxylation sites is 3. The maximum Gasteiger partial charge on any atom is 0.307 e. The van der Waals surface area contributed by atoms with E-state index in [9.17, 15) is 0 Å². The lowest BCUT2D eigenvalue weighted by Crippen LogP contribution is -2.14. The fraction of sp³-hybridized carbons (Fsp3) is 0.0938. The Labute approximate surface area is 202 Å². The predicted octanol–water partition coefficient (Wildman–Crippen LogP) is 8.38. The molecule has 0 radical (unpaired) electrons. The Kier molecular flexibility index (Phi) is 3.47. The maximum atomic E-state index is 6.28. The average molecular weight is 451 g/mol. The maximum absolute atomic E-state index is 6.28. The van der Waals surface area contributed by atoms with E-state index in [1.54, 1.807) is 0 Å². The van der Waals surface area contributed by atoms with Crippen molar-refractivity contribution < 1.29 is 4.42 Å². The summed E-state index contributed by atoms with van der Waals surface area (Å²) in [6.45, 7) is 4.69. The molecule has 0 fully saturated rings. The van der Waals surface area contributed by atoms with Gasteiger partial charge in [0.15, 0.2) is 5.58 Å². The molecule has 0 bridgehead atoms. The van der Waals surface area contributed by atoms with Crippen LogP contribution in [0.15, 0.2) is 101 Å². The second kappa shape index (κ2) is 6.39. The molecular weight excluding hydrogens is 428 g/mol. The van der Waals surface area contributed by atoms with Crippen LogP contribution in [0, 0.1) is 0 Å². The molecule has 3 heteroatoms. The third-order valence-corrected chi connectivity index (χ3v) is 7.83. The van der Waals surface area contributed by atoms with Crippen molar-refractivity contribution in [2.24, 2.45) is 0 Å². The molecule has 166 valence electrons. The van der Waals surface area contributed by atoms with E-state index in [-0.39, 0.29) is 5.41 Å². The van der Waals surface area contributed by atoms with Crippen LogP contribution in [0.3, 0.4) is 0 Å². The third kappa shape index (κ3) is 2.37. The van der Waals surface area contributed by atoms with Crippen molar-refractivity contribution >= 4 is 43.7 Å². The number of hydrogen-bond acceptors (Lipinski definition) is 2. The summed E-state index contributed by atoms with van der Waals surface area (Å²) in [5.41, 5.74) is 9.21. The zero-order chi connectivity index (χ0) is 23.3. The largest absolute Gasteiger partial charge is 0.423 e. The summed E-state index contributed by atoms with van der Waals surface area (Å²) < 4.78 is 8.46. The number of fused-ring (bicyclic) bond motifs is 9. The van der Waals surface area contributed by atoms with Gasteiger partial charge in [0.05, 0.1) is 11.0 Å². The van der Waals surface area contributed by atoms with Crippen molar-refractivity contribution in [1.82, 2.24) is 9.55 Å². The first-order valence-corrected chi connectivity index (χ1v) is 12.1. The summed E-state index contributed by atoms with van der Waals surface area (Å²) >= 11 is 0. The monoisotopic (exact) mass is 450 g/mol. The summed E-state index contributed by atoms with van der Waals surface area (Å²) in [4.78, 5) is 4.87. The molecule has 0 saturated heterocycles. The fourth-order valence-electron chi connectivity index (χ4n) is 6.13. The van der Waals surface area contributed by atoms with Gasteiger partial charge in [-0.25, -0.2) is 0 Å². The van der Waals surface area contributed by atoms with Crippen molar-refractivity contribution in [3.8, 4) is 17.1 Å². The summed E-state index contributed by atoms with van der Waals surface area (Å²) in [6, 6.07) is 35.2. The van der Waals surface area contributed by atoms with E-state index < -0.39 is 0 Å². The predicted molar refractivity (Wildman–Crippen MR) is 143 cm³/mol. The van der Waals surface area contributed by atoms with E-state index in [0.717, 1.165) is 22.1 Å². The van der Waals surface area contributed by atoms with Gasteiger partial charge in [0.25, 0.3) is 0 Å². The number of hydrogen-bond donors (Lipinski definition) is 0. The molecule has 0 unspecified atom stereocenters. The normalized spacial score (nSPS) is 14.2. The van der Waals surface area contributed by atoms with Crippen LogP contribution in [0.5, 0.6) is 0 Å². The molecule has 5 aromatic carbocycles. The highest BCUT2D eigenvalue weighted by molar-refractivity contribution is 6.13. The zero-order valence-electron chi connectivity index (χ0n) is 19.5. The molecule has 1 aliphatic rings. The van der Waals surface area contributed by atoms with Crippen molar-refractivity contribution in [3.05, 3.63) is 108 Å². The van der Waals surface area contributed by atoms with Gasteiger partial charge in [-0.15, -0.1) is 0 Å². The second-order valence-corrected chi connectivity index (χ2v) is 10.1. The topological polar surface area (TPSA) is 31.0 Å². The van der Waals surface area contributed by atoms with E-state index in [0.29, 0.717) is 6.01 Å². The lowest BCUT2D eigenvalue weighted by atomic mass is 9.81. The molecular formula is C32H22N2O. The quantitative estimate of drug-likeness (QED) is 0.251. The average Bonchev–Trinajstić information content (AvgIpc) is 3.51. The molecule has 0 N–H and O–H groups in total. The third-order valence-electron chi connectivity index (χ3n) is 7.83. The van der Waals surface area contributed by atoms with Gasteiger partial charge in [-0.05, 0) is 63.4 Å². The van der Waals surface area contributed by atoms with E-state index in [1.165, 1.54) is 43.8 Å². The first-order valence-electron chi connectivity index (χ1n) is 12.1. The van der Waals surface area contributed by atoms with Gasteiger partial charge in [-0.2, -0.15) is 4.98 Å². The van der Waals surface area contributed by atoms with Crippen molar-refractivity contribution in [3.63, 3.8) is 0 Å². The molecule has 8 rings (SSSR count). The molecule has 0 aliphatic heterocycles. The molecule has 2 heterocycles. The van der Waals surface area contributed by atoms with E-state index in [4.69, 9.17) is 9.40 Å². The second-order valence-electron chi connectivity index (χ2n) is 10.1. The van der Waals surface area contributed by atoms with Crippen LogP contribution in [0.4, 0.5) is 0 Å². The summed E-state index contributed by atoms with van der Waals surface area (Å²) in [5, 5.41) is 5.02. The molecule has 0 saturated carbocycles. The molecule has 3 nitrogen and oxygen atoms in total. The van der Waals surface area contributed by atoms with Crippen LogP contribution in [-0.4, -0.2) is 9.55 Å². The van der Waals surface area contributed by atoms with Crippen LogP contribution in [0.1, 0.15) is 25.0 Å². The van der Waals surface area contributed by atoms with Gasteiger partial charge in [0.2, 0.25) is 0 Å². The Morgan fingerprint density at radius 3 is 2.34 bits per heavy atom. The molecule has 0 atom stereocenters. The minimum absolute atomic E-state index is 0.0797. The minimum Gasteiger partial charge on any atom is -0.423 e. The molecule has 0 amide bonds. The molecule has 0 spiro atoms. The Morgan fingerprint density at radius 1 is 0.686 bits per heavy atom. The fourth-order valence-corrected chi connectivity index (χ4v) is 6.13. The van der Waals surface area contributed by atoms with Crippen LogP contribution in [-0.2, 0) is 5.41 Å². The molecule has 35 heavy (non-hydrogen) atoms. The molecule has 2 aromatic heterocycles. The lowest BCUT2D eigenvalue weighted by molar-refractivity contribution is 0.574. The standard InChI is InChI=1S/C32H22N2O/c1-32(2)24-16-15-19-9-3-4-10-20(19)30(24)23-18-28-22(17-25(23)32)21-11-5-7-13-27(21)34(28)31-33-26-12-6-8-14-29(26)35-31/h3-18H,1-2H3. The zero-order valence-corrected chi connectivity index (χ0v) is 19.5. The van der Waals surface area contributed by atoms with Gasteiger partial charge < -0.3 is 4.42 Å². The summed E-state index contributed by atoms with van der Waals surface area (Å²) in [6.07, 6.45) is 0. The highest BCUT2D eigenvalue weighted by Crippen LogP contribution is 2.53. The number of oxazole rings is 1. The van der Waals surface area contributed by atoms with E-state index in [1.807, 2.05) is 24.3 Å². The number of rotatable bonds is 1. The Balaban J connectivity index is 1.54. The SMILES string of the molecule is CC1(C)c2cc3c4ccccc4n(-c4nc5ccccc5o4)c3cc2-c2c1ccc1ccccc21. The van der Waals surface area contributed by atoms with Gasteiger partial charge >= 0.3 is 6.01 Å².